The third kappa shape index (κ3) is 2.45. The Morgan fingerprint density at radius 2 is 2.12 bits per heavy atom. The molecule has 0 spiro atoms. The van der Waals surface area contributed by atoms with E-state index in [1.54, 1.807) is 18.4 Å². The number of hydrogen-bond donors (Lipinski definition) is 0. The Labute approximate surface area is 110 Å². The molecule has 0 amide bonds. The van der Waals surface area contributed by atoms with E-state index in [-0.39, 0.29) is 0 Å². The summed E-state index contributed by atoms with van der Waals surface area (Å²) in [7, 11) is 1.69. The Hall–Kier alpha value is -1.06. The van der Waals surface area contributed by atoms with Crippen molar-refractivity contribution < 1.29 is 4.74 Å². The summed E-state index contributed by atoms with van der Waals surface area (Å²) in [4.78, 5) is 5.62. The number of alkyl halides is 1. The van der Waals surface area contributed by atoms with E-state index in [2.05, 4.69) is 17.1 Å². The van der Waals surface area contributed by atoms with Crippen LogP contribution in [0.25, 0.3) is 10.4 Å². The van der Waals surface area contributed by atoms with Gasteiger partial charge in [-0.2, -0.15) is 0 Å². The van der Waals surface area contributed by atoms with Gasteiger partial charge in [0.2, 0.25) is 0 Å². The lowest BCUT2D eigenvalue weighted by Crippen LogP contribution is -1.87. The van der Waals surface area contributed by atoms with Crippen molar-refractivity contribution in [1.82, 2.24) is 4.98 Å². The minimum Gasteiger partial charge on any atom is -0.496 e. The van der Waals surface area contributed by atoms with Gasteiger partial charge in [0.15, 0.2) is 0 Å². The van der Waals surface area contributed by atoms with Gasteiger partial charge in [-0.25, -0.2) is 4.98 Å². The van der Waals surface area contributed by atoms with Gasteiger partial charge in [-0.3, -0.25) is 0 Å². The van der Waals surface area contributed by atoms with Crippen LogP contribution in [0, 0.1) is 13.8 Å². The molecule has 2 aromatic rings. The van der Waals surface area contributed by atoms with Gasteiger partial charge in [0.05, 0.1) is 23.6 Å². The van der Waals surface area contributed by atoms with E-state index in [1.807, 2.05) is 19.9 Å². The molecule has 0 aliphatic heterocycles. The lowest BCUT2D eigenvalue weighted by Gasteiger charge is -2.06. The molecule has 1 aromatic heterocycles. The molecule has 0 atom stereocenters. The van der Waals surface area contributed by atoms with Gasteiger partial charge < -0.3 is 4.74 Å². The van der Waals surface area contributed by atoms with E-state index in [4.69, 9.17) is 16.3 Å². The second-order valence-corrected chi connectivity index (χ2v) is 5.19. The summed E-state index contributed by atoms with van der Waals surface area (Å²) < 4.78 is 5.26. The van der Waals surface area contributed by atoms with Gasteiger partial charge >= 0.3 is 0 Å². The molecule has 0 N–H and O–H groups in total. The van der Waals surface area contributed by atoms with Crippen molar-refractivity contribution in [3.63, 3.8) is 0 Å². The molecule has 0 aliphatic rings. The quantitative estimate of drug-likeness (QED) is 0.779. The largest absolute Gasteiger partial charge is 0.496 e. The fourth-order valence-electron chi connectivity index (χ4n) is 1.80. The molecular weight excluding hydrogens is 254 g/mol. The number of thiazole rings is 1. The Kier molecular flexibility index (Phi) is 3.69. The van der Waals surface area contributed by atoms with Crippen LogP contribution in [0.3, 0.4) is 0 Å². The zero-order chi connectivity index (χ0) is 12.4. The predicted molar refractivity (Wildman–Crippen MR) is 73.1 cm³/mol. The number of nitrogens with zero attached hydrogens (tertiary/aromatic N) is 1. The zero-order valence-electron chi connectivity index (χ0n) is 10.1. The lowest BCUT2D eigenvalue weighted by molar-refractivity contribution is 0.412. The van der Waals surface area contributed by atoms with E-state index >= 15 is 0 Å². The van der Waals surface area contributed by atoms with Crippen molar-refractivity contribution in [2.45, 2.75) is 19.7 Å². The van der Waals surface area contributed by atoms with E-state index in [1.165, 1.54) is 10.4 Å². The summed E-state index contributed by atoms with van der Waals surface area (Å²) in [6.07, 6.45) is 0. The first-order chi connectivity index (χ1) is 8.15. The molecule has 0 saturated heterocycles. The first-order valence-electron chi connectivity index (χ1n) is 5.33. The highest BCUT2D eigenvalue weighted by molar-refractivity contribution is 7.15. The van der Waals surface area contributed by atoms with Gasteiger partial charge in [0.1, 0.15) is 10.8 Å². The maximum Gasteiger partial charge on any atom is 0.121 e. The summed E-state index contributed by atoms with van der Waals surface area (Å²) in [5.41, 5.74) is 3.34. The lowest BCUT2D eigenvalue weighted by atomic mass is 10.1. The van der Waals surface area contributed by atoms with Gasteiger partial charge in [-0.15, -0.1) is 22.9 Å². The second-order valence-electron chi connectivity index (χ2n) is 3.84. The summed E-state index contributed by atoms with van der Waals surface area (Å²) in [5, 5.41) is 0.965. The average molecular weight is 268 g/mol. The zero-order valence-corrected chi connectivity index (χ0v) is 11.7. The highest BCUT2D eigenvalue weighted by atomic mass is 35.5. The molecular formula is C13H14ClNOS. The van der Waals surface area contributed by atoms with E-state index in [0.29, 0.717) is 5.88 Å². The monoisotopic (exact) mass is 267 g/mol. The molecule has 4 heteroatoms. The number of rotatable bonds is 3. The first-order valence-corrected chi connectivity index (χ1v) is 6.68. The fraction of sp³-hybridized carbons (Fsp3) is 0.308. The number of aromatic nitrogens is 1. The van der Waals surface area contributed by atoms with E-state index in [0.717, 1.165) is 22.0 Å². The van der Waals surface area contributed by atoms with Crippen molar-refractivity contribution in [3.8, 4) is 16.2 Å². The summed E-state index contributed by atoms with van der Waals surface area (Å²) >= 11 is 7.46. The topological polar surface area (TPSA) is 22.1 Å². The van der Waals surface area contributed by atoms with Crippen LogP contribution in [-0.2, 0) is 5.88 Å². The van der Waals surface area contributed by atoms with Crippen molar-refractivity contribution in [2.75, 3.05) is 7.11 Å². The van der Waals surface area contributed by atoms with Gasteiger partial charge in [-0.05, 0) is 43.2 Å². The Morgan fingerprint density at radius 1 is 1.35 bits per heavy atom. The van der Waals surface area contributed by atoms with Crippen LogP contribution in [0.1, 0.15) is 16.3 Å². The van der Waals surface area contributed by atoms with Crippen molar-refractivity contribution in [2.24, 2.45) is 0 Å². The Balaban J connectivity index is 2.45. The Morgan fingerprint density at radius 3 is 2.65 bits per heavy atom. The number of hydrogen-bond acceptors (Lipinski definition) is 3. The highest BCUT2D eigenvalue weighted by Gasteiger charge is 2.10. The number of halogens is 1. The summed E-state index contributed by atoms with van der Waals surface area (Å²) in [5.74, 6) is 1.38. The third-order valence-electron chi connectivity index (χ3n) is 2.61. The second kappa shape index (κ2) is 5.07. The van der Waals surface area contributed by atoms with Crippen LogP contribution in [0.4, 0.5) is 0 Å². The molecule has 17 heavy (non-hydrogen) atoms. The molecule has 0 saturated carbocycles. The molecule has 0 bridgehead atoms. The van der Waals surface area contributed by atoms with Crippen molar-refractivity contribution >= 4 is 22.9 Å². The smallest absolute Gasteiger partial charge is 0.121 e. The summed E-state index contributed by atoms with van der Waals surface area (Å²) in [6, 6.07) is 6.17. The molecule has 0 fully saturated rings. The van der Waals surface area contributed by atoms with Crippen molar-refractivity contribution in [1.29, 1.82) is 0 Å². The number of ether oxygens (including phenoxy) is 1. The molecule has 90 valence electrons. The molecule has 1 heterocycles. The van der Waals surface area contributed by atoms with Crippen LogP contribution in [-0.4, -0.2) is 12.1 Å². The van der Waals surface area contributed by atoms with Crippen LogP contribution in [0.15, 0.2) is 18.2 Å². The average Bonchev–Trinajstić information content (AvgIpc) is 2.70. The normalized spacial score (nSPS) is 10.6. The SMILES string of the molecule is COc1ccc(-c2sc(CCl)nc2C)cc1C. The number of methoxy groups -OCH3 is 1. The van der Waals surface area contributed by atoms with Crippen molar-refractivity contribution in [3.05, 3.63) is 34.5 Å². The Bertz CT molecular complexity index is 536. The van der Waals surface area contributed by atoms with Crippen LogP contribution >= 0.6 is 22.9 Å². The molecule has 2 rings (SSSR count). The maximum absolute atomic E-state index is 5.81. The van der Waals surface area contributed by atoms with E-state index in [9.17, 15) is 0 Å². The fourth-order valence-corrected chi connectivity index (χ4v) is 2.93. The van der Waals surface area contributed by atoms with Crippen LogP contribution < -0.4 is 4.74 Å². The van der Waals surface area contributed by atoms with Gasteiger partial charge in [0.25, 0.3) is 0 Å². The highest BCUT2D eigenvalue weighted by Crippen LogP contribution is 2.33. The van der Waals surface area contributed by atoms with Gasteiger partial charge in [-0.1, -0.05) is 0 Å². The number of aryl methyl sites for hydroxylation is 2. The molecule has 0 radical (unpaired) electrons. The minimum absolute atomic E-state index is 0.473. The molecule has 0 aliphatic carbocycles. The standard InChI is InChI=1S/C13H14ClNOS/c1-8-6-10(4-5-11(8)16-3)13-9(2)15-12(7-14)17-13/h4-6H,7H2,1-3H3. The maximum atomic E-state index is 5.81. The van der Waals surface area contributed by atoms with Gasteiger partial charge in [0, 0.05) is 0 Å². The van der Waals surface area contributed by atoms with E-state index < -0.39 is 0 Å². The first kappa shape index (κ1) is 12.4. The third-order valence-corrected chi connectivity index (χ3v) is 4.23. The molecule has 2 nitrogen and oxygen atoms in total. The number of benzene rings is 1. The molecule has 1 aromatic carbocycles. The minimum atomic E-state index is 0.473. The van der Waals surface area contributed by atoms with Crippen LogP contribution in [0.2, 0.25) is 0 Å². The molecule has 0 unspecified atom stereocenters. The predicted octanol–water partition coefficient (Wildman–Crippen LogP) is 4.17. The summed E-state index contributed by atoms with van der Waals surface area (Å²) in [6.45, 7) is 4.06. The van der Waals surface area contributed by atoms with Crippen LogP contribution in [0.5, 0.6) is 5.75 Å².